The number of aromatic nitrogens is 1. The van der Waals surface area contributed by atoms with Gasteiger partial charge in [0, 0.05) is 18.7 Å². The second-order valence-corrected chi connectivity index (χ2v) is 4.57. The number of pyridine rings is 1. The van der Waals surface area contributed by atoms with Crippen LogP contribution in [0.2, 0.25) is 5.15 Å². The second-order valence-electron chi connectivity index (χ2n) is 4.18. The molecule has 0 bridgehead atoms. The van der Waals surface area contributed by atoms with Gasteiger partial charge in [-0.25, -0.2) is 4.98 Å². The third-order valence-electron chi connectivity index (χ3n) is 2.78. The molecule has 1 aromatic heterocycles. The average Bonchev–Trinajstić information content (AvgIpc) is 2.37. The van der Waals surface area contributed by atoms with Crippen molar-refractivity contribution in [3.05, 3.63) is 22.8 Å². The van der Waals surface area contributed by atoms with Crippen molar-refractivity contribution in [3.8, 4) is 0 Å². The molecule has 1 aromatic rings. The van der Waals surface area contributed by atoms with Crippen LogP contribution in [0.25, 0.3) is 0 Å². The van der Waals surface area contributed by atoms with Gasteiger partial charge < -0.3 is 10.6 Å². The maximum absolute atomic E-state index is 12.1. The third kappa shape index (κ3) is 4.18. The van der Waals surface area contributed by atoms with Crippen molar-refractivity contribution in [1.29, 1.82) is 0 Å². The van der Waals surface area contributed by atoms with E-state index in [1.54, 1.807) is 19.2 Å². The zero-order valence-electron chi connectivity index (χ0n) is 11.1. The van der Waals surface area contributed by atoms with Crippen LogP contribution in [0.1, 0.15) is 43.5 Å². The molecule has 0 aromatic carbocycles. The normalized spacial score (nSPS) is 12.0. The smallest absolute Gasteiger partial charge is 0.251 e. The van der Waals surface area contributed by atoms with Gasteiger partial charge in [0.1, 0.15) is 11.0 Å². The number of hydrogen-bond donors (Lipinski definition) is 2. The maximum Gasteiger partial charge on any atom is 0.251 e. The second kappa shape index (κ2) is 7.21. The number of hydrogen-bond acceptors (Lipinski definition) is 3. The summed E-state index contributed by atoms with van der Waals surface area (Å²) in [6, 6.07) is 3.49. The minimum atomic E-state index is -0.101. The van der Waals surface area contributed by atoms with Crippen molar-refractivity contribution in [2.45, 2.75) is 39.2 Å². The lowest BCUT2D eigenvalue weighted by Crippen LogP contribution is -2.34. The molecular formula is C13H20ClN3O. The summed E-state index contributed by atoms with van der Waals surface area (Å²) in [4.78, 5) is 16.1. The first-order valence-electron chi connectivity index (χ1n) is 6.26. The van der Waals surface area contributed by atoms with Crippen LogP contribution < -0.4 is 10.6 Å². The third-order valence-corrected chi connectivity index (χ3v) is 2.97. The molecule has 100 valence electrons. The molecule has 0 fully saturated rings. The molecule has 2 N–H and O–H groups in total. The predicted molar refractivity (Wildman–Crippen MR) is 75.2 cm³/mol. The Morgan fingerprint density at radius 1 is 1.44 bits per heavy atom. The number of amides is 1. The van der Waals surface area contributed by atoms with Gasteiger partial charge in [-0.1, -0.05) is 31.9 Å². The van der Waals surface area contributed by atoms with E-state index in [1.165, 1.54) is 0 Å². The number of nitrogens with one attached hydrogen (secondary N) is 2. The molecule has 0 aliphatic rings. The summed E-state index contributed by atoms with van der Waals surface area (Å²) >= 11 is 5.87. The van der Waals surface area contributed by atoms with E-state index in [2.05, 4.69) is 29.5 Å². The van der Waals surface area contributed by atoms with Gasteiger partial charge in [-0.05, 0) is 25.0 Å². The van der Waals surface area contributed by atoms with Crippen LogP contribution in [0.15, 0.2) is 12.1 Å². The zero-order chi connectivity index (χ0) is 13.5. The number of nitrogens with zero attached hydrogens (tertiary/aromatic N) is 1. The lowest BCUT2D eigenvalue weighted by atomic mass is 10.1. The Morgan fingerprint density at radius 2 is 2.17 bits per heavy atom. The standard InChI is InChI=1S/C13H20ClN3O/c1-4-6-10(5-2)16-13(18)9-7-11(14)17-12(8-9)15-3/h7-8,10H,4-6H2,1-3H3,(H,15,17)(H,16,18). The highest BCUT2D eigenvalue weighted by molar-refractivity contribution is 6.29. The molecule has 0 radical (unpaired) electrons. The minimum Gasteiger partial charge on any atom is -0.373 e. The highest BCUT2D eigenvalue weighted by Gasteiger charge is 2.13. The van der Waals surface area contributed by atoms with Crippen LogP contribution in [0.3, 0.4) is 0 Å². The Hall–Kier alpha value is -1.29. The van der Waals surface area contributed by atoms with Gasteiger partial charge in [-0.15, -0.1) is 0 Å². The lowest BCUT2D eigenvalue weighted by Gasteiger charge is -2.16. The largest absolute Gasteiger partial charge is 0.373 e. The van der Waals surface area contributed by atoms with Gasteiger partial charge in [0.2, 0.25) is 0 Å². The first-order chi connectivity index (χ1) is 8.60. The van der Waals surface area contributed by atoms with E-state index < -0.39 is 0 Å². The molecule has 5 heteroatoms. The van der Waals surface area contributed by atoms with E-state index in [0.717, 1.165) is 19.3 Å². The number of anilines is 1. The Kier molecular flexibility index (Phi) is 5.92. The van der Waals surface area contributed by atoms with Crippen molar-refractivity contribution in [3.63, 3.8) is 0 Å². The number of rotatable bonds is 6. The quantitative estimate of drug-likeness (QED) is 0.781. The fourth-order valence-corrected chi connectivity index (χ4v) is 1.96. The molecule has 1 unspecified atom stereocenters. The summed E-state index contributed by atoms with van der Waals surface area (Å²) in [7, 11) is 1.74. The van der Waals surface area contributed by atoms with Crippen LogP contribution in [-0.2, 0) is 0 Å². The fourth-order valence-electron chi connectivity index (χ4n) is 1.75. The lowest BCUT2D eigenvalue weighted by molar-refractivity contribution is 0.0933. The molecule has 4 nitrogen and oxygen atoms in total. The SMILES string of the molecule is CCCC(CC)NC(=O)c1cc(Cl)nc(NC)c1. The molecular weight excluding hydrogens is 250 g/mol. The monoisotopic (exact) mass is 269 g/mol. The Balaban J connectivity index is 2.79. The van der Waals surface area contributed by atoms with Crippen molar-refractivity contribution < 1.29 is 4.79 Å². The van der Waals surface area contributed by atoms with Crippen molar-refractivity contribution in [2.24, 2.45) is 0 Å². The van der Waals surface area contributed by atoms with E-state index in [1.807, 2.05) is 0 Å². The van der Waals surface area contributed by atoms with Gasteiger partial charge in [-0.2, -0.15) is 0 Å². The Labute approximate surface area is 113 Å². The molecule has 1 amide bonds. The average molecular weight is 270 g/mol. The molecule has 0 spiro atoms. The zero-order valence-corrected chi connectivity index (χ0v) is 11.8. The van der Waals surface area contributed by atoms with Crippen molar-refractivity contribution in [2.75, 3.05) is 12.4 Å². The summed E-state index contributed by atoms with van der Waals surface area (Å²) < 4.78 is 0. The summed E-state index contributed by atoms with van der Waals surface area (Å²) in [6.45, 7) is 4.18. The number of halogens is 1. The molecule has 1 atom stereocenters. The van der Waals surface area contributed by atoms with Crippen LogP contribution in [0.4, 0.5) is 5.82 Å². The van der Waals surface area contributed by atoms with Crippen molar-refractivity contribution in [1.82, 2.24) is 10.3 Å². The van der Waals surface area contributed by atoms with E-state index in [4.69, 9.17) is 11.6 Å². The summed E-state index contributed by atoms with van der Waals surface area (Å²) in [5, 5.41) is 6.20. The van der Waals surface area contributed by atoms with Gasteiger partial charge >= 0.3 is 0 Å². The summed E-state index contributed by atoms with van der Waals surface area (Å²) in [5.74, 6) is 0.493. The molecule has 1 rings (SSSR count). The summed E-state index contributed by atoms with van der Waals surface area (Å²) in [6.07, 6.45) is 2.97. The maximum atomic E-state index is 12.1. The highest BCUT2D eigenvalue weighted by atomic mass is 35.5. The molecule has 0 aliphatic heterocycles. The summed E-state index contributed by atoms with van der Waals surface area (Å²) in [5.41, 5.74) is 0.536. The van der Waals surface area contributed by atoms with E-state index >= 15 is 0 Å². The van der Waals surface area contributed by atoms with E-state index in [9.17, 15) is 4.79 Å². The van der Waals surface area contributed by atoms with Gasteiger partial charge in [-0.3, -0.25) is 4.79 Å². The van der Waals surface area contributed by atoms with Crippen molar-refractivity contribution >= 4 is 23.3 Å². The Bertz CT molecular complexity index is 409. The van der Waals surface area contributed by atoms with E-state index in [-0.39, 0.29) is 11.9 Å². The van der Waals surface area contributed by atoms with Gasteiger partial charge in [0.05, 0.1) is 0 Å². The first-order valence-corrected chi connectivity index (χ1v) is 6.64. The first kappa shape index (κ1) is 14.8. The van der Waals surface area contributed by atoms with Crippen LogP contribution >= 0.6 is 11.6 Å². The van der Waals surface area contributed by atoms with Crippen LogP contribution in [0.5, 0.6) is 0 Å². The van der Waals surface area contributed by atoms with Crippen LogP contribution in [0, 0.1) is 0 Å². The number of carbonyl (C=O) groups excluding carboxylic acids is 1. The number of carbonyl (C=O) groups is 1. The molecule has 0 saturated heterocycles. The van der Waals surface area contributed by atoms with E-state index in [0.29, 0.717) is 16.5 Å². The Morgan fingerprint density at radius 3 is 2.72 bits per heavy atom. The molecule has 0 aliphatic carbocycles. The molecule has 1 heterocycles. The topological polar surface area (TPSA) is 54.0 Å². The predicted octanol–water partition coefficient (Wildman–Crippen LogP) is 3.09. The highest BCUT2D eigenvalue weighted by Crippen LogP contribution is 2.14. The van der Waals surface area contributed by atoms with Gasteiger partial charge in [0.25, 0.3) is 5.91 Å². The molecule has 0 saturated carbocycles. The fraction of sp³-hybridized carbons (Fsp3) is 0.538. The van der Waals surface area contributed by atoms with Gasteiger partial charge in [0.15, 0.2) is 0 Å². The van der Waals surface area contributed by atoms with Crippen LogP contribution in [-0.4, -0.2) is 24.0 Å². The minimum absolute atomic E-state index is 0.101. The molecule has 18 heavy (non-hydrogen) atoms.